The molecule has 0 amide bonds. The van der Waals surface area contributed by atoms with E-state index in [-0.39, 0.29) is 0 Å². The zero-order valence-corrected chi connectivity index (χ0v) is 13.9. The second-order valence-electron chi connectivity index (χ2n) is 6.07. The molecule has 4 nitrogen and oxygen atoms in total. The highest BCUT2D eigenvalue weighted by atomic mass is 16.5. The molecular formula is C20H23N3O. The summed E-state index contributed by atoms with van der Waals surface area (Å²) in [4.78, 5) is 2.45. The molecule has 1 N–H and O–H groups in total. The summed E-state index contributed by atoms with van der Waals surface area (Å²) in [6.45, 7) is 6.31. The predicted octanol–water partition coefficient (Wildman–Crippen LogP) is 2.68. The van der Waals surface area contributed by atoms with Crippen LogP contribution in [-0.4, -0.2) is 31.2 Å². The van der Waals surface area contributed by atoms with Crippen molar-refractivity contribution in [3.05, 3.63) is 70.8 Å². The molecule has 1 heterocycles. The molecule has 1 aliphatic rings. The summed E-state index contributed by atoms with van der Waals surface area (Å²) in [5.41, 5.74) is 4.62. The summed E-state index contributed by atoms with van der Waals surface area (Å²) >= 11 is 0. The maximum atomic E-state index is 8.84. The Morgan fingerprint density at radius 2 is 1.67 bits per heavy atom. The molecule has 0 radical (unpaired) electrons. The van der Waals surface area contributed by atoms with E-state index in [9.17, 15) is 0 Å². The normalized spacial score (nSPS) is 15.1. The molecule has 0 saturated carbocycles. The maximum Gasteiger partial charge on any atom is 0.0991 e. The topological polar surface area (TPSA) is 48.3 Å². The fourth-order valence-corrected chi connectivity index (χ4v) is 2.92. The highest BCUT2D eigenvalue weighted by Gasteiger charge is 2.12. The monoisotopic (exact) mass is 321 g/mol. The van der Waals surface area contributed by atoms with Crippen molar-refractivity contribution in [1.82, 2.24) is 10.2 Å². The molecule has 0 aromatic heterocycles. The molecule has 3 rings (SSSR count). The van der Waals surface area contributed by atoms with Gasteiger partial charge < -0.3 is 10.1 Å². The van der Waals surface area contributed by atoms with Crippen molar-refractivity contribution in [2.24, 2.45) is 0 Å². The summed E-state index contributed by atoms with van der Waals surface area (Å²) in [5, 5.41) is 12.3. The average molecular weight is 321 g/mol. The molecule has 24 heavy (non-hydrogen) atoms. The van der Waals surface area contributed by atoms with Crippen LogP contribution in [0.1, 0.15) is 22.3 Å². The third kappa shape index (κ3) is 4.65. The summed E-state index contributed by atoms with van der Waals surface area (Å²) in [6.07, 6.45) is 0. The molecule has 0 bridgehead atoms. The van der Waals surface area contributed by atoms with E-state index >= 15 is 0 Å². The van der Waals surface area contributed by atoms with Crippen LogP contribution in [0.5, 0.6) is 0 Å². The van der Waals surface area contributed by atoms with Crippen LogP contribution in [0.3, 0.4) is 0 Å². The molecule has 2 aromatic rings. The summed E-state index contributed by atoms with van der Waals surface area (Å²) < 4.78 is 5.42. The summed E-state index contributed by atoms with van der Waals surface area (Å²) in [6, 6.07) is 18.5. The van der Waals surface area contributed by atoms with Gasteiger partial charge in [-0.2, -0.15) is 5.26 Å². The molecule has 1 saturated heterocycles. The van der Waals surface area contributed by atoms with Gasteiger partial charge in [-0.15, -0.1) is 0 Å². The second-order valence-corrected chi connectivity index (χ2v) is 6.07. The van der Waals surface area contributed by atoms with Crippen molar-refractivity contribution >= 4 is 0 Å². The highest BCUT2D eigenvalue weighted by Crippen LogP contribution is 2.13. The Morgan fingerprint density at radius 3 is 2.38 bits per heavy atom. The van der Waals surface area contributed by atoms with Crippen molar-refractivity contribution in [1.29, 1.82) is 5.26 Å². The number of nitrogens with one attached hydrogen (secondary N) is 1. The van der Waals surface area contributed by atoms with Gasteiger partial charge in [0.25, 0.3) is 0 Å². The van der Waals surface area contributed by atoms with E-state index in [0.29, 0.717) is 5.56 Å². The van der Waals surface area contributed by atoms with Crippen LogP contribution in [0.2, 0.25) is 0 Å². The standard InChI is InChI=1S/C20H23N3O/c21-13-17-5-7-18(8-6-17)14-22-15-19-3-1-2-4-20(19)16-23-9-11-24-12-10-23/h1-8,22H,9-12,14-16H2. The first kappa shape index (κ1) is 16.7. The molecule has 0 atom stereocenters. The van der Waals surface area contributed by atoms with Crippen molar-refractivity contribution in [2.75, 3.05) is 26.3 Å². The minimum absolute atomic E-state index is 0.703. The summed E-state index contributed by atoms with van der Waals surface area (Å²) in [5.74, 6) is 0. The van der Waals surface area contributed by atoms with Gasteiger partial charge in [0, 0.05) is 32.7 Å². The Morgan fingerprint density at radius 1 is 0.958 bits per heavy atom. The number of benzene rings is 2. The van der Waals surface area contributed by atoms with Crippen molar-refractivity contribution in [3.8, 4) is 6.07 Å². The Kier molecular flexibility index (Phi) is 5.97. The predicted molar refractivity (Wildman–Crippen MR) is 94.2 cm³/mol. The number of morpholine rings is 1. The van der Waals surface area contributed by atoms with Crippen LogP contribution in [0.15, 0.2) is 48.5 Å². The Balaban J connectivity index is 1.55. The van der Waals surface area contributed by atoms with E-state index < -0.39 is 0 Å². The van der Waals surface area contributed by atoms with Crippen molar-refractivity contribution < 1.29 is 4.74 Å². The minimum atomic E-state index is 0.703. The number of hydrogen-bond acceptors (Lipinski definition) is 4. The van der Waals surface area contributed by atoms with Crippen LogP contribution in [0.4, 0.5) is 0 Å². The van der Waals surface area contributed by atoms with E-state index in [1.807, 2.05) is 24.3 Å². The van der Waals surface area contributed by atoms with E-state index in [4.69, 9.17) is 10.00 Å². The summed E-state index contributed by atoms with van der Waals surface area (Å²) in [7, 11) is 0. The Hall–Kier alpha value is -2.19. The van der Waals surface area contributed by atoms with Gasteiger partial charge in [0.2, 0.25) is 0 Å². The first-order valence-electron chi connectivity index (χ1n) is 8.42. The molecule has 124 valence electrons. The molecule has 1 aliphatic heterocycles. The lowest BCUT2D eigenvalue weighted by Gasteiger charge is -2.27. The number of hydrogen-bond donors (Lipinski definition) is 1. The minimum Gasteiger partial charge on any atom is -0.379 e. The zero-order valence-electron chi connectivity index (χ0n) is 13.9. The maximum absolute atomic E-state index is 8.84. The van der Waals surface area contributed by atoms with E-state index in [2.05, 4.69) is 40.6 Å². The van der Waals surface area contributed by atoms with Gasteiger partial charge in [0.05, 0.1) is 24.8 Å². The number of nitriles is 1. The van der Waals surface area contributed by atoms with Crippen LogP contribution >= 0.6 is 0 Å². The fraction of sp³-hybridized carbons (Fsp3) is 0.350. The molecule has 4 heteroatoms. The quantitative estimate of drug-likeness (QED) is 0.889. The molecule has 0 aliphatic carbocycles. The Labute approximate surface area is 143 Å². The average Bonchev–Trinajstić information content (AvgIpc) is 2.64. The van der Waals surface area contributed by atoms with Crippen molar-refractivity contribution in [2.45, 2.75) is 19.6 Å². The van der Waals surface area contributed by atoms with Gasteiger partial charge in [0.15, 0.2) is 0 Å². The SMILES string of the molecule is N#Cc1ccc(CNCc2ccccc2CN2CCOCC2)cc1. The number of nitrogens with zero attached hydrogens (tertiary/aromatic N) is 2. The van der Waals surface area contributed by atoms with Crippen LogP contribution in [0, 0.1) is 11.3 Å². The number of rotatable bonds is 6. The molecule has 0 spiro atoms. The molecule has 0 unspecified atom stereocenters. The van der Waals surface area contributed by atoms with Crippen LogP contribution < -0.4 is 5.32 Å². The largest absolute Gasteiger partial charge is 0.379 e. The van der Waals surface area contributed by atoms with Gasteiger partial charge in [0.1, 0.15) is 0 Å². The third-order valence-corrected chi connectivity index (χ3v) is 4.34. The fourth-order valence-electron chi connectivity index (χ4n) is 2.92. The first-order chi connectivity index (χ1) is 11.8. The highest BCUT2D eigenvalue weighted by molar-refractivity contribution is 5.32. The zero-order chi connectivity index (χ0) is 16.6. The first-order valence-corrected chi connectivity index (χ1v) is 8.42. The smallest absolute Gasteiger partial charge is 0.0991 e. The van der Waals surface area contributed by atoms with E-state index in [1.54, 1.807) is 0 Å². The Bertz CT molecular complexity index is 685. The lowest BCUT2D eigenvalue weighted by molar-refractivity contribution is 0.0340. The van der Waals surface area contributed by atoms with Gasteiger partial charge in [-0.3, -0.25) is 4.90 Å². The molecular weight excluding hydrogens is 298 g/mol. The number of ether oxygens (including phenoxy) is 1. The van der Waals surface area contributed by atoms with Crippen molar-refractivity contribution in [3.63, 3.8) is 0 Å². The lowest BCUT2D eigenvalue weighted by atomic mass is 10.1. The van der Waals surface area contributed by atoms with Crippen LogP contribution in [0.25, 0.3) is 0 Å². The van der Waals surface area contributed by atoms with Crippen LogP contribution in [-0.2, 0) is 24.4 Å². The molecule has 1 fully saturated rings. The van der Waals surface area contributed by atoms with Gasteiger partial charge in [-0.1, -0.05) is 36.4 Å². The van der Waals surface area contributed by atoms with E-state index in [1.165, 1.54) is 16.7 Å². The van der Waals surface area contributed by atoms with Gasteiger partial charge >= 0.3 is 0 Å². The van der Waals surface area contributed by atoms with E-state index in [0.717, 1.165) is 45.9 Å². The van der Waals surface area contributed by atoms with Gasteiger partial charge in [-0.25, -0.2) is 0 Å². The third-order valence-electron chi connectivity index (χ3n) is 4.34. The molecule has 2 aromatic carbocycles. The lowest BCUT2D eigenvalue weighted by Crippen LogP contribution is -2.36. The second kappa shape index (κ2) is 8.60. The van der Waals surface area contributed by atoms with Gasteiger partial charge in [-0.05, 0) is 28.8 Å².